The third-order valence-corrected chi connectivity index (χ3v) is 5.36. The highest BCUT2D eigenvalue weighted by molar-refractivity contribution is 8.00. The largest absolute Gasteiger partial charge is 0.271 e. The molecule has 0 amide bonds. The number of fused-ring (bicyclic) bond motifs is 1. The van der Waals surface area contributed by atoms with Crippen LogP contribution in [-0.4, -0.2) is 11.0 Å². The fourth-order valence-corrected chi connectivity index (χ4v) is 4.28. The molecule has 1 aliphatic rings. The van der Waals surface area contributed by atoms with Crippen LogP contribution in [0, 0.1) is 0 Å². The number of benzene rings is 2. The summed E-state index contributed by atoms with van der Waals surface area (Å²) in [4.78, 5) is 0. The molecule has 2 aromatic carbocycles. The zero-order valence-corrected chi connectivity index (χ0v) is 11.8. The number of hydrazine groups is 1. The van der Waals surface area contributed by atoms with Crippen molar-refractivity contribution in [2.75, 3.05) is 5.75 Å². The van der Waals surface area contributed by atoms with E-state index in [4.69, 9.17) is 5.84 Å². The van der Waals surface area contributed by atoms with Crippen molar-refractivity contribution < 1.29 is 0 Å². The van der Waals surface area contributed by atoms with Crippen molar-refractivity contribution in [3.05, 3.63) is 48.0 Å². The van der Waals surface area contributed by atoms with Gasteiger partial charge in [0, 0.05) is 5.25 Å². The van der Waals surface area contributed by atoms with Crippen LogP contribution < -0.4 is 11.3 Å². The molecule has 3 heteroatoms. The summed E-state index contributed by atoms with van der Waals surface area (Å²) in [6.07, 6.45) is 3.92. The van der Waals surface area contributed by atoms with Crippen LogP contribution in [0.15, 0.2) is 42.5 Å². The molecule has 1 heterocycles. The highest BCUT2D eigenvalue weighted by Crippen LogP contribution is 2.35. The normalized spacial score (nSPS) is 21.4. The Morgan fingerprint density at radius 1 is 1.11 bits per heavy atom. The zero-order chi connectivity index (χ0) is 13.1. The van der Waals surface area contributed by atoms with Crippen molar-refractivity contribution in [3.63, 3.8) is 0 Å². The van der Waals surface area contributed by atoms with Gasteiger partial charge < -0.3 is 0 Å². The minimum atomic E-state index is 0.259. The average molecular weight is 272 g/mol. The summed E-state index contributed by atoms with van der Waals surface area (Å²) in [5, 5.41) is 3.18. The first-order valence-electron chi connectivity index (χ1n) is 6.95. The van der Waals surface area contributed by atoms with Crippen molar-refractivity contribution in [2.24, 2.45) is 5.84 Å². The zero-order valence-electron chi connectivity index (χ0n) is 11.0. The highest BCUT2D eigenvalue weighted by atomic mass is 32.2. The third-order valence-electron chi connectivity index (χ3n) is 3.90. The van der Waals surface area contributed by atoms with Crippen molar-refractivity contribution in [3.8, 4) is 0 Å². The molecule has 19 heavy (non-hydrogen) atoms. The standard InChI is InChI=1S/C16H20N2S/c17-18-16(15-7-3-4-10-19-15)14-9-8-12-5-1-2-6-13(12)11-14/h1-2,5-6,8-9,11,15-16,18H,3-4,7,10,17H2. The second-order valence-corrected chi connectivity index (χ2v) is 6.50. The van der Waals surface area contributed by atoms with Crippen LogP contribution in [0.5, 0.6) is 0 Å². The monoisotopic (exact) mass is 272 g/mol. The van der Waals surface area contributed by atoms with Crippen LogP contribution in [0.2, 0.25) is 0 Å². The molecule has 3 rings (SSSR count). The van der Waals surface area contributed by atoms with Gasteiger partial charge in [0.2, 0.25) is 0 Å². The Labute approximate surface area is 118 Å². The molecule has 0 radical (unpaired) electrons. The predicted octanol–water partition coefficient (Wildman–Crippen LogP) is 3.63. The molecular weight excluding hydrogens is 252 g/mol. The van der Waals surface area contributed by atoms with E-state index in [0.29, 0.717) is 5.25 Å². The average Bonchev–Trinajstić information content (AvgIpc) is 2.49. The van der Waals surface area contributed by atoms with E-state index in [1.807, 2.05) is 0 Å². The van der Waals surface area contributed by atoms with Gasteiger partial charge in [0.25, 0.3) is 0 Å². The van der Waals surface area contributed by atoms with Crippen molar-refractivity contribution >= 4 is 22.5 Å². The topological polar surface area (TPSA) is 38.0 Å². The summed E-state index contributed by atoms with van der Waals surface area (Å²) in [6.45, 7) is 0. The fourth-order valence-electron chi connectivity index (χ4n) is 2.85. The molecule has 0 spiro atoms. The SMILES string of the molecule is NNC(c1ccc2ccccc2c1)C1CCCCS1. The predicted molar refractivity (Wildman–Crippen MR) is 84.1 cm³/mol. The molecule has 2 unspecified atom stereocenters. The molecule has 1 aliphatic heterocycles. The number of nitrogens with one attached hydrogen (secondary N) is 1. The van der Waals surface area contributed by atoms with E-state index in [1.165, 1.54) is 41.4 Å². The lowest BCUT2D eigenvalue weighted by Crippen LogP contribution is -2.36. The van der Waals surface area contributed by atoms with Gasteiger partial charge in [-0.1, -0.05) is 42.8 Å². The maximum Gasteiger partial charge on any atom is 0.0578 e. The van der Waals surface area contributed by atoms with Crippen molar-refractivity contribution in [1.82, 2.24) is 5.43 Å². The molecule has 0 aliphatic carbocycles. The van der Waals surface area contributed by atoms with Crippen molar-refractivity contribution in [2.45, 2.75) is 30.6 Å². The minimum Gasteiger partial charge on any atom is -0.271 e. The van der Waals surface area contributed by atoms with Gasteiger partial charge in [0.05, 0.1) is 6.04 Å². The van der Waals surface area contributed by atoms with Crippen molar-refractivity contribution in [1.29, 1.82) is 0 Å². The van der Waals surface area contributed by atoms with Crippen LogP contribution in [0.4, 0.5) is 0 Å². The van der Waals surface area contributed by atoms with Crippen LogP contribution in [0.3, 0.4) is 0 Å². The van der Waals surface area contributed by atoms with Gasteiger partial charge in [0.15, 0.2) is 0 Å². The first kappa shape index (κ1) is 13.0. The Morgan fingerprint density at radius 2 is 1.95 bits per heavy atom. The molecule has 0 aromatic heterocycles. The summed E-state index contributed by atoms with van der Waals surface area (Å²) < 4.78 is 0. The Morgan fingerprint density at radius 3 is 2.68 bits per heavy atom. The first-order chi connectivity index (χ1) is 9.38. The molecule has 2 atom stereocenters. The van der Waals surface area contributed by atoms with Gasteiger partial charge in [-0.15, -0.1) is 0 Å². The van der Waals surface area contributed by atoms with Crippen LogP contribution in [-0.2, 0) is 0 Å². The summed E-state index contributed by atoms with van der Waals surface area (Å²) in [6, 6.07) is 15.4. The van der Waals surface area contributed by atoms with Gasteiger partial charge >= 0.3 is 0 Å². The Balaban J connectivity index is 1.91. The first-order valence-corrected chi connectivity index (χ1v) is 8.00. The molecule has 2 aromatic rings. The molecule has 100 valence electrons. The van der Waals surface area contributed by atoms with Gasteiger partial charge in [-0.05, 0) is 41.0 Å². The van der Waals surface area contributed by atoms with Crippen LogP contribution in [0.1, 0.15) is 30.9 Å². The lowest BCUT2D eigenvalue weighted by molar-refractivity contribution is 0.492. The van der Waals surface area contributed by atoms with E-state index in [-0.39, 0.29) is 6.04 Å². The highest BCUT2D eigenvalue weighted by Gasteiger charge is 2.24. The molecule has 0 bridgehead atoms. The van der Waals surface area contributed by atoms with Gasteiger partial charge in [0.1, 0.15) is 0 Å². The molecule has 1 saturated heterocycles. The second kappa shape index (κ2) is 5.95. The molecule has 0 saturated carbocycles. The Hall–Kier alpha value is -1.03. The van der Waals surface area contributed by atoms with Gasteiger partial charge in [-0.3, -0.25) is 11.3 Å². The summed E-state index contributed by atoms with van der Waals surface area (Å²) >= 11 is 2.05. The fraction of sp³-hybridized carbons (Fsp3) is 0.375. The maximum absolute atomic E-state index is 5.82. The van der Waals surface area contributed by atoms with Crippen LogP contribution in [0.25, 0.3) is 10.8 Å². The van der Waals surface area contributed by atoms with Crippen LogP contribution >= 0.6 is 11.8 Å². The number of hydrogen-bond donors (Lipinski definition) is 2. The number of thioether (sulfide) groups is 1. The van der Waals surface area contributed by atoms with Gasteiger partial charge in [-0.2, -0.15) is 11.8 Å². The number of rotatable bonds is 3. The lowest BCUT2D eigenvalue weighted by atomic mass is 9.97. The Bertz CT molecular complexity index is 549. The van der Waals surface area contributed by atoms with E-state index in [1.54, 1.807) is 0 Å². The van der Waals surface area contributed by atoms with E-state index < -0.39 is 0 Å². The minimum absolute atomic E-state index is 0.259. The van der Waals surface area contributed by atoms with E-state index in [9.17, 15) is 0 Å². The lowest BCUT2D eigenvalue weighted by Gasteiger charge is -2.29. The number of nitrogens with two attached hydrogens (primary N) is 1. The molecule has 2 nitrogen and oxygen atoms in total. The summed E-state index contributed by atoms with van der Waals surface area (Å²) in [5.74, 6) is 7.08. The Kier molecular flexibility index (Phi) is 4.06. The third kappa shape index (κ3) is 2.78. The van der Waals surface area contributed by atoms with Gasteiger partial charge in [-0.25, -0.2) is 0 Å². The molecule has 3 N–H and O–H groups in total. The smallest absolute Gasteiger partial charge is 0.0578 e. The summed E-state index contributed by atoms with van der Waals surface area (Å²) in [5.41, 5.74) is 4.34. The van der Waals surface area contributed by atoms with E-state index in [0.717, 1.165) is 0 Å². The number of hydrogen-bond acceptors (Lipinski definition) is 3. The second-order valence-electron chi connectivity index (χ2n) is 5.16. The molecule has 1 fully saturated rings. The quantitative estimate of drug-likeness (QED) is 0.662. The maximum atomic E-state index is 5.82. The van der Waals surface area contributed by atoms with E-state index in [2.05, 4.69) is 59.7 Å². The molecular formula is C16H20N2S. The van der Waals surface area contributed by atoms with E-state index >= 15 is 0 Å². The summed E-state index contributed by atoms with van der Waals surface area (Å²) in [7, 11) is 0.